The number of nitrogens with one attached hydrogen (secondary N) is 1. The van der Waals surface area contributed by atoms with Crippen LogP contribution in [0.4, 0.5) is 0 Å². The minimum atomic E-state index is 0.485. The Morgan fingerprint density at radius 3 is 2.67 bits per heavy atom. The summed E-state index contributed by atoms with van der Waals surface area (Å²) in [6.07, 6.45) is 5.06. The predicted octanol–water partition coefficient (Wildman–Crippen LogP) is 3.38. The Morgan fingerprint density at radius 1 is 1.29 bits per heavy atom. The molecule has 2 atom stereocenters. The van der Waals surface area contributed by atoms with Gasteiger partial charge in [-0.2, -0.15) is 16.9 Å². The van der Waals surface area contributed by atoms with Gasteiger partial charge in [0, 0.05) is 30.0 Å². The summed E-state index contributed by atoms with van der Waals surface area (Å²) in [6.45, 7) is 13.2. The van der Waals surface area contributed by atoms with Gasteiger partial charge in [-0.05, 0) is 25.3 Å². The van der Waals surface area contributed by atoms with Crippen molar-refractivity contribution in [2.24, 2.45) is 5.92 Å². The number of aromatic nitrogens is 3. The largest absolute Gasteiger partial charge is 0.313 e. The predicted molar refractivity (Wildman–Crippen MR) is 92.9 cm³/mol. The molecule has 1 N–H and O–H groups in total. The fourth-order valence-electron chi connectivity index (χ4n) is 2.10. The van der Waals surface area contributed by atoms with Crippen LogP contribution in [0.2, 0.25) is 0 Å². The normalized spacial score (nSPS) is 14.6. The van der Waals surface area contributed by atoms with Crippen molar-refractivity contribution in [3.05, 3.63) is 12.2 Å². The minimum absolute atomic E-state index is 0.485. The quantitative estimate of drug-likeness (QED) is 0.680. The second-order valence-electron chi connectivity index (χ2n) is 6.16. The molecule has 1 heterocycles. The molecule has 0 saturated carbocycles. The van der Waals surface area contributed by atoms with Crippen molar-refractivity contribution in [3.63, 3.8) is 0 Å². The van der Waals surface area contributed by atoms with Gasteiger partial charge in [-0.1, -0.05) is 34.6 Å². The summed E-state index contributed by atoms with van der Waals surface area (Å²) >= 11 is 2.06. The summed E-state index contributed by atoms with van der Waals surface area (Å²) in [7, 11) is 0. The number of nitrogens with zero attached hydrogens (tertiary/aromatic N) is 3. The molecule has 0 amide bonds. The van der Waals surface area contributed by atoms with Crippen molar-refractivity contribution < 1.29 is 0 Å². The average Bonchev–Trinajstić information content (AvgIpc) is 2.87. The lowest BCUT2D eigenvalue weighted by molar-refractivity contribution is 0.449. The van der Waals surface area contributed by atoms with E-state index in [-0.39, 0.29) is 0 Å². The Labute approximate surface area is 134 Å². The van der Waals surface area contributed by atoms with Crippen LogP contribution in [0, 0.1) is 5.92 Å². The first-order chi connectivity index (χ1) is 10.1. The Balaban J connectivity index is 2.60. The maximum atomic E-state index is 4.47. The Morgan fingerprint density at radius 2 is 2.05 bits per heavy atom. The molecule has 4 nitrogen and oxygen atoms in total. The van der Waals surface area contributed by atoms with Gasteiger partial charge in [0.05, 0.1) is 0 Å². The first kappa shape index (κ1) is 18.5. The third kappa shape index (κ3) is 7.32. The number of rotatable bonds is 11. The molecule has 1 rings (SSSR count). The Hall–Kier alpha value is -0.550. The fraction of sp³-hybridized carbons (Fsp3) is 0.875. The van der Waals surface area contributed by atoms with Crippen LogP contribution < -0.4 is 5.32 Å². The van der Waals surface area contributed by atoms with Crippen LogP contribution in [0.3, 0.4) is 0 Å². The van der Waals surface area contributed by atoms with Gasteiger partial charge in [0.2, 0.25) is 0 Å². The lowest BCUT2D eigenvalue weighted by Crippen LogP contribution is -2.35. The molecule has 0 aliphatic heterocycles. The number of hydrogen-bond donors (Lipinski definition) is 1. The lowest BCUT2D eigenvalue weighted by atomic mass is 10.2. The van der Waals surface area contributed by atoms with Crippen LogP contribution in [0.15, 0.2) is 6.33 Å². The summed E-state index contributed by atoms with van der Waals surface area (Å²) in [5, 5.41) is 8.76. The zero-order chi connectivity index (χ0) is 15.7. The molecule has 0 radical (unpaired) electrons. The summed E-state index contributed by atoms with van der Waals surface area (Å²) in [4.78, 5) is 4.47. The molecule has 21 heavy (non-hydrogen) atoms. The van der Waals surface area contributed by atoms with Gasteiger partial charge in [0.15, 0.2) is 0 Å². The summed E-state index contributed by atoms with van der Waals surface area (Å²) in [5.74, 6) is 2.85. The topological polar surface area (TPSA) is 42.7 Å². The van der Waals surface area contributed by atoms with E-state index in [2.05, 4.69) is 66.5 Å². The van der Waals surface area contributed by atoms with Gasteiger partial charge in [0.25, 0.3) is 0 Å². The highest BCUT2D eigenvalue weighted by Gasteiger charge is 2.15. The third-order valence-electron chi connectivity index (χ3n) is 3.50. The maximum absolute atomic E-state index is 4.47. The standard InChI is InChI=1S/C16H32N4S/c1-6-8-17-15(11-21-14(5)7-2)9-16-18-12-19-20(16)10-13(3)4/h12-15,17H,6-11H2,1-5H3. The van der Waals surface area contributed by atoms with Gasteiger partial charge < -0.3 is 5.32 Å². The molecular formula is C16H32N4S. The average molecular weight is 313 g/mol. The number of thioether (sulfide) groups is 1. The van der Waals surface area contributed by atoms with Gasteiger partial charge >= 0.3 is 0 Å². The first-order valence-electron chi connectivity index (χ1n) is 8.28. The van der Waals surface area contributed by atoms with E-state index in [4.69, 9.17) is 0 Å². The van der Waals surface area contributed by atoms with Crippen molar-refractivity contribution in [2.75, 3.05) is 12.3 Å². The van der Waals surface area contributed by atoms with Crippen LogP contribution in [0.5, 0.6) is 0 Å². The Bertz CT molecular complexity index is 378. The molecule has 0 aromatic carbocycles. The minimum Gasteiger partial charge on any atom is -0.313 e. The molecule has 1 aromatic rings. The molecule has 0 saturated heterocycles. The zero-order valence-electron chi connectivity index (χ0n) is 14.3. The number of hydrogen-bond acceptors (Lipinski definition) is 4. The maximum Gasteiger partial charge on any atom is 0.138 e. The molecule has 2 unspecified atom stereocenters. The van der Waals surface area contributed by atoms with E-state index in [0.29, 0.717) is 12.0 Å². The van der Waals surface area contributed by atoms with E-state index in [1.54, 1.807) is 6.33 Å². The molecule has 122 valence electrons. The van der Waals surface area contributed by atoms with Crippen molar-refractivity contribution in [2.45, 2.75) is 71.7 Å². The van der Waals surface area contributed by atoms with Gasteiger partial charge in [-0.3, -0.25) is 0 Å². The highest BCUT2D eigenvalue weighted by atomic mass is 32.2. The molecule has 0 aliphatic rings. The van der Waals surface area contributed by atoms with Crippen molar-refractivity contribution in [1.29, 1.82) is 0 Å². The van der Waals surface area contributed by atoms with Crippen LogP contribution >= 0.6 is 11.8 Å². The second kappa shape index (κ2) is 10.2. The molecule has 0 bridgehead atoms. The summed E-state index contributed by atoms with van der Waals surface area (Å²) < 4.78 is 2.07. The molecule has 5 heteroatoms. The Kier molecular flexibility index (Phi) is 9.00. The van der Waals surface area contributed by atoms with Crippen molar-refractivity contribution in [1.82, 2.24) is 20.1 Å². The molecule has 0 aliphatic carbocycles. The zero-order valence-corrected chi connectivity index (χ0v) is 15.1. The molecule has 0 spiro atoms. The summed E-state index contributed by atoms with van der Waals surface area (Å²) in [5.41, 5.74) is 0. The molecule has 0 fully saturated rings. The van der Waals surface area contributed by atoms with E-state index in [0.717, 1.165) is 36.3 Å². The van der Waals surface area contributed by atoms with Crippen LogP contribution in [0.25, 0.3) is 0 Å². The first-order valence-corrected chi connectivity index (χ1v) is 9.33. The highest BCUT2D eigenvalue weighted by molar-refractivity contribution is 7.99. The van der Waals surface area contributed by atoms with Gasteiger partial charge in [0.1, 0.15) is 12.2 Å². The van der Waals surface area contributed by atoms with Crippen molar-refractivity contribution in [3.8, 4) is 0 Å². The van der Waals surface area contributed by atoms with E-state index in [1.807, 2.05) is 0 Å². The van der Waals surface area contributed by atoms with Gasteiger partial charge in [-0.25, -0.2) is 9.67 Å². The molecular weight excluding hydrogens is 280 g/mol. The van der Waals surface area contributed by atoms with E-state index in [1.165, 1.54) is 12.8 Å². The third-order valence-corrected chi connectivity index (χ3v) is 5.00. The van der Waals surface area contributed by atoms with Crippen molar-refractivity contribution >= 4 is 11.8 Å². The lowest BCUT2D eigenvalue weighted by Gasteiger charge is -2.20. The summed E-state index contributed by atoms with van der Waals surface area (Å²) in [6, 6.07) is 0.485. The van der Waals surface area contributed by atoms with Crippen LogP contribution in [-0.4, -0.2) is 38.4 Å². The van der Waals surface area contributed by atoms with E-state index < -0.39 is 0 Å². The fourth-order valence-corrected chi connectivity index (χ4v) is 3.13. The molecule has 1 aromatic heterocycles. The SMILES string of the molecule is CCCNC(CSC(C)CC)Cc1ncnn1CC(C)C. The second-order valence-corrected chi connectivity index (χ2v) is 7.63. The van der Waals surface area contributed by atoms with E-state index >= 15 is 0 Å². The van der Waals surface area contributed by atoms with Crippen LogP contribution in [0.1, 0.15) is 53.3 Å². The monoisotopic (exact) mass is 312 g/mol. The van der Waals surface area contributed by atoms with Crippen LogP contribution in [-0.2, 0) is 13.0 Å². The highest BCUT2D eigenvalue weighted by Crippen LogP contribution is 2.16. The van der Waals surface area contributed by atoms with E-state index in [9.17, 15) is 0 Å². The smallest absolute Gasteiger partial charge is 0.138 e. The van der Waals surface area contributed by atoms with Gasteiger partial charge in [-0.15, -0.1) is 0 Å².